The van der Waals surface area contributed by atoms with Gasteiger partial charge >= 0.3 is 71.4 Å². The van der Waals surface area contributed by atoms with Crippen LogP contribution >= 0.6 is 0 Å². The van der Waals surface area contributed by atoms with Crippen molar-refractivity contribution in [3.05, 3.63) is 142 Å². The van der Waals surface area contributed by atoms with E-state index in [1.165, 1.54) is 56.9 Å². The molecule has 0 heterocycles. The van der Waals surface area contributed by atoms with Crippen LogP contribution in [0.4, 0.5) is 0 Å². The zero-order chi connectivity index (χ0) is 91.6. The third-order valence-electron chi connectivity index (χ3n) is 22.6. The van der Waals surface area contributed by atoms with E-state index in [1.807, 2.05) is 117 Å². The number of rotatable bonds is 56. The van der Waals surface area contributed by atoms with Gasteiger partial charge in [0.1, 0.15) is 11.1 Å². The van der Waals surface area contributed by atoms with Crippen LogP contribution in [0.2, 0.25) is 0 Å². The van der Waals surface area contributed by atoms with Crippen molar-refractivity contribution in [1.82, 2.24) is 71.9 Å². The number of nitrogens with one attached hydrogen (secondary N) is 8. The number of carbonyl (C=O) groups is 16. The minimum atomic E-state index is -1.56. The molecule has 6 aliphatic rings. The predicted octanol–water partition coefficient (Wildman–Crippen LogP) is -0.415. The third kappa shape index (κ3) is 30.2. The average Bonchev–Trinajstić information content (AvgIpc) is 0.654. The molecule has 0 atom stereocenters. The summed E-state index contributed by atoms with van der Waals surface area (Å²) in [5.74, 6) is -10.7. The summed E-state index contributed by atoms with van der Waals surface area (Å²) in [5.41, 5.74) is 1.93. The molecule has 0 aliphatic heterocycles. The van der Waals surface area contributed by atoms with Crippen LogP contribution in [0.3, 0.4) is 0 Å². The molecule has 8 N–H and O–H groups in total. The summed E-state index contributed by atoms with van der Waals surface area (Å²) in [5, 5.41) is 23.8. The Kier molecular flexibility index (Phi) is 42.4. The van der Waals surface area contributed by atoms with E-state index in [0.29, 0.717) is 44.5 Å². The fourth-order valence-corrected chi connectivity index (χ4v) is 15.9. The topological polar surface area (TPSA) is 463 Å². The van der Waals surface area contributed by atoms with E-state index in [2.05, 4.69) is 42.5 Å². The lowest BCUT2D eigenvalue weighted by Crippen LogP contribution is -2.65. The Hall–Kier alpha value is -11.8. The van der Waals surface area contributed by atoms with E-state index < -0.39 is 94.3 Å². The van der Waals surface area contributed by atoms with E-state index in [9.17, 15) is 67.1 Å². The van der Waals surface area contributed by atoms with Crippen molar-refractivity contribution in [2.24, 2.45) is 0 Å². The Balaban J connectivity index is 1.10. The molecule has 4 bridgehead atoms. The second kappa shape index (κ2) is 52.8. The number of ether oxygens (including phenoxy) is 8. The summed E-state index contributed by atoms with van der Waals surface area (Å²) < 4.78 is 38.4. The highest BCUT2D eigenvalue weighted by atomic mass is 16.5. The van der Waals surface area contributed by atoms with Crippen LogP contribution in [0.15, 0.2) is 97.1 Å². The molecule has 38 nitrogen and oxygen atoms in total. The summed E-state index contributed by atoms with van der Waals surface area (Å²) in [4.78, 5) is 222. The molecule has 126 heavy (non-hydrogen) atoms. The largest absolute Gasteiger partial charge is 0.469 e. The minimum Gasteiger partial charge on any atom is -0.469 e. The van der Waals surface area contributed by atoms with E-state index in [0.717, 1.165) is 0 Å². The van der Waals surface area contributed by atoms with Crippen LogP contribution < -0.4 is 42.5 Å². The summed E-state index contributed by atoms with van der Waals surface area (Å²) in [6.07, 6.45) is 0.0554. The van der Waals surface area contributed by atoms with Gasteiger partial charge in [0.25, 0.3) is 0 Å². The third-order valence-corrected chi connectivity index (χ3v) is 22.6. The first-order chi connectivity index (χ1) is 60.7. The van der Waals surface area contributed by atoms with Crippen LogP contribution in [0, 0.1) is 0 Å². The van der Waals surface area contributed by atoms with Crippen molar-refractivity contribution in [3.8, 4) is 0 Å². The van der Waals surface area contributed by atoms with Gasteiger partial charge in [0.15, 0.2) is 0 Å². The maximum Gasteiger partial charge on any atom is 0.310 e. The van der Waals surface area contributed by atoms with Crippen molar-refractivity contribution in [1.29, 1.82) is 0 Å². The van der Waals surface area contributed by atoms with E-state index in [-0.39, 0.29) is 258 Å². The number of esters is 8. The van der Waals surface area contributed by atoms with Crippen LogP contribution in [-0.4, -0.2) is 338 Å². The average molecular weight is 1760 g/mol. The van der Waals surface area contributed by atoms with Crippen LogP contribution in [0.5, 0.6) is 0 Å². The Morgan fingerprint density at radius 2 is 0.397 bits per heavy atom. The molecule has 0 saturated carbocycles. The molecule has 0 saturated heterocycles. The van der Waals surface area contributed by atoms with E-state index >= 15 is 9.59 Å². The van der Waals surface area contributed by atoms with Crippen molar-refractivity contribution in [2.75, 3.05) is 214 Å². The Labute approximate surface area is 733 Å². The first-order valence-corrected chi connectivity index (χ1v) is 42.3. The summed E-state index contributed by atoms with van der Waals surface area (Å²) in [7, 11) is 10.2. The van der Waals surface area contributed by atoms with Crippen LogP contribution in [-0.2, 0) is 126 Å². The van der Waals surface area contributed by atoms with Gasteiger partial charge in [-0.1, -0.05) is 97.1 Å². The SMILES string of the molecule is COC(=O)CCN(CCNC(=O)CCN(CCNC(=O)C(=O)NC12c3ccccc3C(c3ccccc31)C1(NC(=O)C(=O)NCCN(CCC(=O)NCCN(CCC(=O)OC)CCC(=O)OC)CCC(=O)NCCN(CCC(=O)OC)CCC(=O)OC)c3ccccc3C2c2ccccc21)CCC(=O)NCCN(CCC(=O)OC)CCC(=O)OC)CCC(=O)OC. The van der Waals surface area contributed by atoms with Gasteiger partial charge in [0, 0.05) is 195 Å². The van der Waals surface area contributed by atoms with Crippen molar-refractivity contribution in [3.63, 3.8) is 0 Å². The van der Waals surface area contributed by atoms with Crippen LogP contribution in [0.25, 0.3) is 0 Å². The smallest absolute Gasteiger partial charge is 0.310 e. The molecular weight excluding hydrogens is 1640 g/mol. The van der Waals surface area contributed by atoms with E-state index in [1.54, 1.807) is 9.80 Å². The van der Waals surface area contributed by atoms with Crippen molar-refractivity contribution < 1.29 is 115 Å². The maximum absolute atomic E-state index is 15.4. The molecular formula is C88H122N14O24. The van der Waals surface area contributed by atoms with Gasteiger partial charge < -0.3 is 110 Å². The van der Waals surface area contributed by atoms with E-state index in [4.69, 9.17) is 37.9 Å². The maximum atomic E-state index is 15.4. The van der Waals surface area contributed by atoms with Gasteiger partial charge in [-0.15, -0.1) is 0 Å². The number of carbonyl (C=O) groups excluding carboxylic acids is 16. The molecule has 8 amide bonds. The number of methoxy groups -OCH3 is 8. The molecule has 688 valence electrons. The molecule has 10 rings (SSSR count). The predicted molar refractivity (Wildman–Crippen MR) is 456 cm³/mol. The highest BCUT2D eigenvalue weighted by Crippen LogP contribution is 2.66. The van der Waals surface area contributed by atoms with Gasteiger partial charge in [0.2, 0.25) is 23.6 Å². The number of hydrogen-bond acceptors (Lipinski definition) is 30. The molecule has 0 radical (unpaired) electrons. The quantitative estimate of drug-likeness (QED) is 0.0158. The molecule has 0 unspecified atom stereocenters. The fraction of sp³-hybridized carbons (Fsp3) is 0.545. The molecule has 0 aromatic heterocycles. The highest BCUT2D eigenvalue weighted by molar-refractivity contribution is 6.36. The molecule has 0 fully saturated rings. The van der Waals surface area contributed by atoms with Crippen molar-refractivity contribution >= 4 is 95.0 Å². The summed E-state index contributed by atoms with van der Waals surface area (Å²) >= 11 is 0. The molecule has 6 aliphatic carbocycles. The fourth-order valence-electron chi connectivity index (χ4n) is 15.9. The Bertz CT molecular complexity index is 3820. The monoisotopic (exact) mass is 1760 g/mol. The van der Waals surface area contributed by atoms with Gasteiger partial charge in [0.05, 0.1) is 108 Å². The van der Waals surface area contributed by atoms with Gasteiger partial charge in [-0.2, -0.15) is 0 Å². The number of hydrogen-bond donors (Lipinski definition) is 8. The number of nitrogens with zero attached hydrogens (tertiary/aromatic N) is 6. The minimum absolute atomic E-state index is 0.0414. The van der Waals surface area contributed by atoms with Gasteiger partial charge in [-0.25, -0.2) is 0 Å². The van der Waals surface area contributed by atoms with Crippen molar-refractivity contribution in [2.45, 2.75) is 100.0 Å². The Morgan fingerprint density at radius 3 is 0.579 bits per heavy atom. The summed E-state index contributed by atoms with van der Waals surface area (Å²) in [6.45, 7) is 3.83. The van der Waals surface area contributed by atoms with Gasteiger partial charge in [-0.05, 0) is 44.5 Å². The normalized spacial score (nSPS) is 15.4. The Morgan fingerprint density at radius 1 is 0.230 bits per heavy atom. The molecule has 4 aromatic rings. The zero-order valence-corrected chi connectivity index (χ0v) is 73.3. The second-order valence-electron chi connectivity index (χ2n) is 30.3. The van der Waals surface area contributed by atoms with Crippen LogP contribution in [0.1, 0.15) is 133 Å². The van der Waals surface area contributed by atoms with Gasteiger partial charge in [-0.3, -0.25) is 76.7 Å². The zero-order valence-electron chi connectivity index (χ0n) is 73.3. The lowest BCUT2D eigenvalue weighted by atomic mass is 9.47. The molecule has 0 spiro atoms. The first-order valence-electron chi connectivity index (χ1n) is 42.3. The first kappa shape index (κ1) is 101. The summed E-state index contributed by atoms with van der Waals surface area (Å²) in [6, 6.07) is 29.8. The second-order valence-corrected chi connectivity index (χ2v) is 30.3. The number of benzene rings is 4. The number of amides is 8. The lowest BCUT2D eigenvalue weighted by molar-refractivity contribution is -0.142. The standard InChI is InChI=1S/C88H122N14O24/c1-119-73(107)29-47-99(48-30-74(108)120-2)55-37-89-69(103)25-43-97(44-26-70(104)90-38-56-100(49-31-75(109)121-3)50-32-76(110)122-4)59-41-93-83(115)85(117)95-87-65-21-13-9-17-61(65)82(62-18-10-14-22-66(62)87)88(67-23-15-11-19-63(67)81(87)64-20-12-16-24-68(64)88)96-86(118)84(116)94-42-60-98(45-27-71(105)91-39-57-101(51-33-77(111)123-5)52-34-78(112)124-6)46-28-72(106)92-40-58-102(53-35-79(113)125-7)54-36-80(114)126-8/h9-24,81-82H,25-60H2,1-8H3,(H,89,103)(H,90,104)(H,91,105)(H,92,106)(H,93,115)(H,94,116)(H,95,117)(H,96,118). The molecule has 38 heteroatoms. The molecule has 4 aromatic carbocycles. The lowest BCUT2D eigenvalue weighted by Gasteiger charge is -2.60. The highest BCUT2D eigenvalue weighted by Gasteiger charge is 2.64.